The predicted octanol–water partition coefficient (Wildman–Crippen LogP) is -3.89. The number of nitrogens with two attached hydrogens (primary N) is 3. The summed E-state index contributed by atoms with van der Waals surface area (Å²) >= 11 is 0. The number of hydrogen-bond donors (Lipinski definition) is 8. The van der Waals surface area contributed by atoms with Gasteiger partial charge in [-0.05, 0) is 12.8 Å². The van der Waals surface area contributed by atoms with Gasteiger partial charge in [-0.3, -0.25) is 15.0 Å². The average Bonchev–Trinajstić information content (AvgIpc) is 2.49. The monoisotopic (exact) mass is 314 g/mol. The first-order valence-electron chi connectivity index (χ1n) is 7.27. The van der Waals surface area contributed by atoms with E-state index in [1.807, 2.05) is 0 Å². The van der Waals surface area contributed by atoms with E-state index >= 15 is 0 Å². The summed E-state index contributed by atoms with van der Waals surface area (Å²) in [6.07, 6.45) is 1.16. The van der Waals surface area contributed by atoms with Crippen LogP contribution in [0.25, 0.3) is 0 Å². The van der Waals surface area contributed by atoms with E-state index < -0.39 is 11.9 Å². The third-order valence-corrected chi connectivity index (χ3v) is 3.43. The summed E-state index contributed by atoms with van der Waals surface area (Å²) in [7, 11) is 0. The van der Waals surface area contributed by atoms with Crippen molar-refractivity contribution in [3.05, 3.63) is 0 Å². The molecule has 3 unspecified atom stereocenters. The maximum atomic E-state index is 11.8. The Morgan fingerprint density at radius 3 is 2.50 bits per heavy atom. The van der Waals surface area contributed by atoms with Crippen LogP contribution in [-0.4, -0.2) is 62.1 Å². The van der Waals surface area contributed by atoms with Gasteiger partial charge in [0.1, 0.15) is 0 Å². The number of carbonyl (C=O) groups excluding carboxylic acids is 2. The van der Waals surface area contributed by atoms with Crippen molar-refractivity contribution in [3.63, 3.8) is 0 Å². The Bertz CT molecular complexity index is 395. The van der Waals surface area contributed by atoms with Crippen molar-refractivity contribution in [1.29, 1.82) is 5.41 Å². The predicted molar refractivity (Wildman–Crippen MR) is 82.9 cm³/mol. The van der Waals surface area contributed by atoms with E-state index in [-0.39, 0.29) is 24.0 Å². The van der Waals surface area contributed by atoms with Crippen LogP contribution in [-0.2, 0) is 9.59 Å². The Hall–Kier alpha value is -1.91. The minimum Gasteiger partial charge on any atom is -0.370 e. The van der Waals surface area contributed by atoms with Crippen LogP contribution in [0.1, 0.15) is 12.8 Å². The SMILES string of the molecule is N=C(N)NCCCC(N)C(=O)NCC1CNC(C(N)=O)CN1. The van der Waals surface area contributed by atoms with Crippen molar-refractivity contribution in [2.75, 3.05) is 26.2 Å². The first-order valence-corrected chi connectivity index (χ1v) is 7.27. The number of primary amides is 1. The smallest absolute Gasteiger partial charge is 0.236 e. The number of nitrogens with one attached hydrogen (secondary N) is 5. The lowest BCUT2D eigenvalue weighted by Crippen LogP contribution is -2.61. The lowest BCUT2D eigenvalue weighted by atomic mass is 10.1. The molecule has 0 saturated carbocycles. The molecule has 0 aromatic carbocycles. The largest absolute Gasteiger partial charge is 0.370 e. The van der Waals surface area contributed by atoms with Gasteiger partial charge in [-0.25, -0.2) is 0 Å². The lowest BCUT2D eigenvalue weighted by molar-refractivity contribution is -0.123. The molecule has 0 aromatic heterocycles. The zero-order valence-corrected chi connectivity index (χ0v) is 12.5. The van der Waals surface area contributed by atoms with Crippen molar-refractivity contribution >= 4 is 17.8 Å². The molecule has 3 atom stereocenters. The van der Waals surface area contributed by atoms with Crippen molar-refractivity contribution in [2.24, 2.45) is 17.2 Å². The Labute approximate surface area is 129 Å². The summed E-state index contributed by atoms with van der Waals surface area (Å²) < 4.78 is 0. The van der Waals surface area contributed by atoms with Crippen LogP contribution in [0, 0.1) is 5.41 Å². The van der Waals surface area contributed by atoms with Crippen LogP contribution >= 0.6 is 0 Å². The minimum atomic E-state index is -0.594. The van der Waals surface area contributed by atoms with Gasteiger partial charge in [0.25, 0.3) is 0 Å². The maximum absolute atomic E-state index is 11.8. The summed E-state index contributed by atoms with van der Waals surface area (Å²) in [5, 5.41) is 18.6. The third-order valence-electron chi connectivity index (χ3n) is 3.43. The van der Waals surface area contributed by atoms with E-state index in [0.29, 0.717) is 39.0 Å². The van der Waals surface area contributed by atoms with Gasteiger partial charge in [0, 0.05) is 32.2 Å². The van der Waals surface area contributed by atoms with E-state index in [0.717, 1.165) is 0 Å². The first kappa shape index (κ1) is 18.1. The maximum Gasteiger partial charge on any atom is 0.236 e. The summed E-state index contributed by atoms with van der Waals surface area (Å²) in [4.78, 5) is 22.8. The molecule has 11 N–H and O–H groups in total. The van der Waals surface area contributed by atoms with Crippen LogP contribution in [0.4, 0.5) is 0 Å². The Kier molecular flexibility index (Phi) is 7.57. The second-order valence-corrected chi connectivity index (χ2v) is 5.30. The Morgan fingerprint density at radius 1 is 1.23 bits per heavy atom. The highest BCUT2D eigenvalue weighted by Gasteiger charge is 2.24. The van der Waals surface area contributed by atoms with E-state index in [9.17, 15) is 9.59 Å². The average molecular weight is 314 g/mol. The molecule has 1 heterocycles. The number of amides is 2. The molecular weight excluding hydrogens is 288 g/mol. The highest BCUT2D eigenvalue weighted by molar-refractivity contribution is 5.81. The van der Waals surface area contributed by atoms with Crippen molar-refractivity contribution in [3.8, 4) is 0 Å². The van der Waals surface area contributed by atoms with Gasteiger partial charge >= 0.3 is 0 Å². The molecular formula is C12H26N8O2. The molecule has 10 nitrogen and oxygen atoms in total. The Morgan fingerprint density at radius 2 is 1.95 bits per heavy atom. The molecule has 2 amide bonds. The van der Waals surface area contributed by atoms with Gasteiger partial charge in [0.2, 0.25) is 11.8 Å². The standard InChI is InChI=1S/C12H26N8O2/c13-8(2-1-3-17-12(15)16)11(22)20-5-7-4-19-9(6-18-7)10(14)21/h7-9,18-19H,1-6,13H2,(H2,14,21)(H,20,22)(H4,15,16,17). The third kappa shape index (κ3) is 6.70. The summed E-state index contributed by atoms with van der Waals surface area (Å²) in [5.74, 6) is -0.707. The summed E-state index contributed by atoms with van der Waals surface area (Å²) in [6, 6.07) is -0.933. The molecule has 1 aliphatic rings. The molecule has 0 spiro atoms. The molecule has 0 radical (unpaired) electrons. The zero-order valence-electron chi connectivity index (χ0n) is 12.5. The molecule has 1 rings (SSSR count). The van der Waals surface area contributed by atoms with Gasteiger partial charge in [-0.15, -0.1) is 0 Å². The summed E-state index contributed by atoms with van der Waals surface area (Å²) in [5.41, 5.74) is 16.1. The second-order valence-electron chi connectivity index (χ2n) is 5.30. The first-order chi connectivity index (χ1) is 10.4. The van der Waals surface area contributed by atoms with Crippen LogP contribution in [0.2, 0.25) is 0 Å². The van der Waals surface area contributed by atoms with Crippen molar-refractivity contribution < 1.29 is 9.59 Å². The molecule has 0 bridgehead atoms. The quantitative estimate of drug-likeness (QED) is 0.128. The Balaban J connectivity index is 2.14. The van der Waals surface area contributed by atoms with Gasteiger partial charge in [0.15, 0.2) is 5.96 Å². The number of hydrogen-bond acceptors (Lipinski definition) is 6. The van der Waals surface area contributed by atoms with E-state index in [2.05, 4.69) is 21.3 Å². The molecule has 10 heteroatoms. The van der Waals surface area contributed by atoms with Crippen molar-refractivity contribution in [2.45, 2.75) is 31.0 Å². The topological polar surface area (TPSA) is 184 Å². The van der Waals surface area contributed by atoms with Gasteiger partial charge < -0.3 is 38.5 Å². The number of guanidine groups is 1. The zero-order chi connectivity index (χ0) is 16.5. The fourth-order valence-corrected chi connectivity index (χ4v) is 2.09. The van der Waals surface area contributed by atoms with Gasteiger partial charge in [-0.2, -0.15) is 0 Å². The van der Waals surface area contributed by atoms with E-state index in [1.54, 1.807) is 0 Å². The minimum absolute atomic E-state index is 0.0335. The fraction of sp³-hybridized carbons (Fsp3) is 0.750. The summed E-state index contributed by atoms with van der Waals surface area (Å²) in [6.45, 7) is 1.93. The highest BCUT2D eigenvalue weighted by atomic mass is 16.2. The molecule has 1 saturated heterocycles. The second kappa shape index (κ2) is 9.18. The van der Waals surface area contributed by atoms with Crippen LogP contribution in [0.3, 0.4) is 0 Å². The molecule has 1 fully saturated rings. The number of carbonyl (C=O) groups is 2. The molecule has 0 aromatic rings. The molecule has 126 valence electrons. The van der Waals surface area contributed by atoms with Crippen LogP contribution in [0.15, 0.2) is 0 Å². The number of piperazine rings is 1. The molecule has 22 heavy (non-hydrogen) atoms. The van der Waals surface area contributed by atoms with Gasteiger partial charge in [0.05, 0.1) is 12.1 Å². The highest BCUT2D eigenvalue weighted by Crippen LogP contribution is 1.96. The van der Waals surface area contributed by atoms with Crippen LogP contribution < -0.4 is 38.5 Å². The lowest BCUT2D eigenvalue weighted by Gasteiger charge is -2.29. The fourth-order valence-electron chi connectivity index (χ4n) is 2.09. The normalized spacial score (nSPS) is 22.6. The molecule has 1 aliphatic heterocycles. The van der Waals surface area contributed by atoms with Crippen molar-refractivity contribution in [1.82, 2.24) is 21.3 Å². The van der Waals surface area contributed by atoms with Crippen LogP contribution in [0.5, 0.6) is 0 Å². The number of rotatable bonds is 8. The van der Waals surface area contributed by atoms with E-state index in [1.165, 1.54) is 0 Å². The van der Waals surface area contributed by atoms with Gasteiger partial charge in [-0.1, -0.05) is 0 Å². The van der Waals surface area contributed by atoms with E-state index in [4.69, 9.17) is 22.6 Å². The molecule has 0 aliphatic carbocycles.